The predicted octanol–water partition coefficient (Wildman–Crippen LogP) is 3.46. The van der Waals surface area contributed by atoms with Crippen molar-refractivity contribution < 1.29 is 4.52 Å². The van der Waals surface area contributed by atoms with Gasteiger partial charge in [0.1, 0.15) is 0 Å². The van der Waals surface area contributed by atoms with Crippen LogP contribution in [-0.2, 0) is 18.7 Å². The molecule has 0 fully saturated rings. The number of aromatic amines is 1. The monoisotopic (exact) mass is 393 g/mol. The highest BCUT2D eigenvalue weighted by atomic mass is 32.2. The van der Waals surface area contributed by atoms with Gasteiger partial charge in [0.05, 0.1) is 5.75 Å². The zero-order chi connectivity index (χ0) is 19.3. The SMILES string of the molecule is Cc1ccccc1-c1noc(CSc2n[nH]c(=O)n2CCc2ccccc2)n1. The highest BCUT2D eigenvalue weighted by molar-refractivity contribution is 7.98. The second-order valence-corrected chi connectivity index (χ2v) is 7.26. The summed E-state index contributed by atoms with van der Waals surface area (Å²) in [5.74, 6) is 1.50. The molecule has 0 bridgehead atoms. The number of nitrogens with one attached hydrogen (secondary N) is 1. The van der Waals surface area contributed by atoms with Crippen molar-refractivity contribution in [2.45, 2.75) is 30.8 Å². The summed E-state index contributed by atoms with van der Waals surface area (Å²) in [5, 5.41) is 11.3. The summed E-state index contributed by atoms with van der Waals surface area (Å²) < 4.78 is 7.00. The molecule has 2 aromatic heterocycles. The van der Waals surface area contributed by atoms with Crippen LogP contribution in [0.15, 0.2) is 69.1 Å². The first kappa shape index (κ1) is 18.2. The van der Waals surface area contributed by atoms with Gasteiger partial charge in [-0.15, -0.1) is 5.10 Å². The molecule has 0 atom stereocenters. The van der Waals surface area contributed by atoms with Crippen molar-refractivity contribution in [2.24, 2.45) is 0 Å². The lowest BCUT2D eigenvalue weighted by Gasteiger charge is -2.04. The maximum absolute atomic E-state index is 12.1. The maximum Gasteiger partial charge on any atom is 0.343 e. The van der Waals surface area contributed by atoms with Crippen LogP contribution in [0.2, 0.25) is 0 Å². The molecule has 0 unspecified atom stereocenters. The number of thioether (sulfide) groups is 1. The first-order chi connectivity index (χ1) is 13.7. The lowest BCUT2D eigenvalue weighted by Crippen LogP contribution is -2.18. The van der Waals surface area contributed by atoms with E-state index in [9.17, 15) is 4.79 Å². The van der Waals surface area contributed by atoms with Gasteiger partial charge in [-0.2, -0.15) is 4.98 Å². The third kappa shape index (κ3) is 4.07. The van der Waals surface area contributed by atoms with Crippen LogP contribution in [0.5, 0.6) is 0 Å². The Kier molecular flexibility index (Phi) is 5.38. The highest BCUT2D eigenvalue weighted by Gasteiger charge is 2.14. The molecule has 1 N–H and O–H groups in total. The Balaban J connectivity index is 1.43. The molecule has 0 saturated heterocycles. The van der Waals surface area contributed by atoms with Gasteiger partial charge < -0.3 is 4.52 Å². The quantitative estimate of drug-likeness (QED) is 0.484. The number of aromatic nitrogens is 5. The number of rotatable bonds is 7. The van der Waals surface area contributed by atoms with Crippen molar-refractivity contribution >= 4 is 11.8 Å². The van der Waals surface area contributed by atoms with Gasteiger partial charge in [-0.3, -0.25) is 4.57 Å². The Morgan fingerprint density at radius 3 is 2.71 bits per heavy atom. The molecular formula is C20H19N5O2S. The molecule has 4 aromatic rings. The van der Waals surface area contributed by atoms with Crippen LogP contribution in [0.3, 0.4) is 0 Å². The Hall–Kier alpha value is -3.13. The molecule has 0 saturated carbocycles. The van der Waals surface area contributed by atoms with Crippen molar-refractivity contribution in [3.8, 4) is 11.4 Å². The molecule has 2 heterocycles. The van der Waals surface area contributed by atoms with Crippen LogP contribution >= 0.6 is 11.8 Å². The Labute approximate surface area is 165 Å². The second-order valence-electron chi connectivity index (χ2n) is 6.31. The zero-order valence-corrected chi connectivity index (χ0v) is 16.1. The Morgan fingerprint density at radius 1 is 1.11 bits per heavy atom. The molecule has 28 heavy (non-hydrogen) atoms. The van der Waals surface area contributed by atoms with Crippen LogP contribution in [0, 0.1) is 6.92 Å². The third-order valence-corrected chi connectivity index (χ3v) is 5.33. The summed E-state index contributed by atoms with van der Waals surface area (Å²) in [6.45, 7) is 2.56. The van der Waals surface area contributed by atoms with Gasteiger partial charge in [-0.25, -0.2) is 9.89 Å². The molecule has 4 rings (SSSR count). The normalized spacial score (nSPS) is 11.0. The third-order valence-electron chi connectivity index (χ3n) is 4.37. The topological polar surface area (TPSA) is 89.6 Å². The fourth-order valence-corrected chi connectivity index (χ4v) is 3.68. The fourth-order valence-electron chi connectivity index (χ4n) is 2.87. The van der Waals surface area contributed by atoms with E-state index in [1.807, 2.05) is 61.5 Å². The van der Waals surface area contributed by atoms with E-state index >= 15 is 0 Å². The molecule has 0 amide bonds. The Bertz CT molecular complexity index is 1120. The summed E-state index contributed by atoms with van der Waals surface area (Å²) in [6, 6.07) is 17.9. The first-order valence-electron chi connectivity index (χ1n) is 8.91. The van der Waals surface area contributed by atoms with E-state index in [1.54, 1.807) is 4.57 Å². The summed E-state index contributed by atoms with van der Waals surface area (Å²) in [5.41, 5.74) is 2.99. The fraction of sp³-hybridized carbons (Fsp3) is 0.200. The lowest BCUT2D eigenvalue weighted by molar-refractivity contribution is 0.391. The van der Waals surface area contributed by atoms with Crippen molar-refractivity contribution in [3.63, 3.8) is 0 Å². The van der Waals surface area contributed by atoms with Gasteiger partial charge in [0.25, 0.3) is 0 Å². The van der Waals surface area contributed by atoms with Crippen molar-refractivity contribution in [3.05, 3.63) is 82.1 Å². The lowest BCUT2D eigenvalue weighted by atomic mass is 10.1. The van der Waals surface area contributed by atoms with E-state index in [0.29, 0.717) is 29.2 Å². The molecule has 2 aromatic carbocycles. The molecule has 142 valence electrons. The zero-order valence-electron chi connectivity index (χ0n) is 15.3. The van der Waals surface area contributed by atoms with Crippen LogP contribution < -0.4 is 5.69 Å². The minimum atomic E-state index is -0.218. The summed E-state index contributed by atoms with van der Waals surface area (Å²) in [4.78, 5) is 16.5. The molecule has 0 spiro atoms. The Morgan fingerprint density at radius 2 is 1.89 bits per heavy atom. The number of aryl methyl sites for hydroxylation is 2. The van der Waals surface area contributed by atoms with Gasteiger partial charge in [-0.1, -0.05) is 71.5 Å². The van der Waals surface area contributed by atoms with E-state index in [4.69, 9.17) is 4.52 Å². The van der Waals surface area contributed by atoms with Crippen LogP contribution in [-0.4, -0.2) is 24.9 Å². The molecule has 0 radical (unpaired) electrons. The van der Waals surface area contributed by atoms with Crippen molar-refractivity contribution in [2.75, 3.05) is 0 Å². The standard InChI is InChI=1S/C20H19N5O2S/c1-14-7-5-6-10-16(14)18-21-17(27-24-18)13-28-20-23-22-19(26)25(20)12-11-15-8-3-2-4-9-15/h2-10H,11-13H2,1H3,(H,22,26). The molecule has 7 nitrogen and oxygen atoms in total. The minimum absolute atomic E-state index is 0.218. The van der Waals surface area contributed by atoms with Gasteiger partial charge in [0, 0.05) is 12.1 Å². The van der Waals surface area contributed by atoms with E-state index in [2.05, 4.69) is 20.3 Å². The molecule has 8 heteroatoms. The van der Waals surface area contributed by atoms with Crippen LogP contribution in [0.25, 0.3) is 11.4 Å². The predicted molar refractivity (Wildman–Crippen MR) is 107 cm³/mol. The molecule has 0 aliphatic rings. The number of nitrogens with zero attached hydrogens (tertiary/aromatic N) is 4. The van der Waals surface area contributed by atoms with Crippen LogP contribution in [0.1, 0.15) is 17.0 Å². The molecule has 0 aliphatic heterocycles. The molecule has 0 aliphatic carbocycles. The van der Waals surface area contributed by atoms with Gasteiger partial charge >= 0.3 is 5.69 Å². The van der Waals surface area contributed by atoms with Crippen molar-refractivity contribution in [1.29, 1.82) is 0 Å². The second kappa shape index (κ2) is 8.26. The largest absolute Gasteiger partial charge is 0.343 e. The smallest absolute Gasteiger partial charge is 0.338 e. The van der Waals surface area contributed by atoms with Crippen molar-refractivity contribution in [1.82, 2.24) is 24.9 Å². The summed E-state index contributed by atoms with van der Waals surface area (Å²) in [7, 11) is 0. The van der Waals surface area contributed by atoms with E-state index in [0.717, 1.165) is 17.5 Å². The van der Waals surface area contributed by atoms with Gasteiger partial charge in [0.15, 0.2) is 5.16 Å². The minimum Gasteiger partial charge on any atom is -0.338 e. The number of H-pyrrole nitrogens is 1. The molecular weight excluding hydrogens is 374 g/mol. The van der Waals surface area contributed by atoms with Gasteiger partial charge in [-0.05, 0) is 24.5 Å². The summed E-state index contributed by atoms with van der Waals surface area (Å²) >= 11 is 1.39. The average Bonchev–Trinajstić information content (AvgIpc) is 3.32. The number of hydrogen-bond donors (Lipinski definition) is 1. The number of benzene rings is 2. The van der Waals surface area contributed by atoms with E-state index in [-0.39, 0.29) is 5.69 Å². The maximum atomic E-state index is 12.1. The number of hydrogen-bond acceptors (Lipinski definition) is 6. The van der Waals surface area contributed by atoms with Gasteiger partial charge in [0.2, 0.25) is 11.7 Å². The highest BCUT2D eigenvalue weighted by Crippen LogP contribution is 2.23. The first-order valence-corrected chi connectivity index (χ1v) is 9.90. The van der Waals surface area contributed by atoms with E-state index < -0.39 is 0 Å². The van der Waals surface area contributed by atoms with Crippen LogP contribution in [0.4, 0.5) is 0 Å². The average molecular weight is 393 g/mol. The van der Waals surface area contributed by atoms with E-state index in [1.165, 1.54) is 17.3 Å². The summed E-state index contributed by atoms with van der Waals surface area (Å²) in [6.07, 6.45) is 0.756.